The number of aromatic nitrogens is 3. The number of ether oxygens (including phenoxy) is 1. The normalized spacial score (nSPS) is 19.4. The smallest absolute Gasteiger partial charge is 0.224 e. The second-order valence-corrected chi connectivity index (χ2v) is 10.5. The molecule has 1 aromatic carbocycles. The van der Waals surface area contributed by atoms with Crippen molar-refractivity contribution >= 4 is 26.7 Å². The molecular weight excluding hydrogens is 414 g/mol. The average molecular weight is 444 g/mol. The van der Waals surface area contributed by atoms with Gasteiger partial charge in [0.05, 0.1) is 17.9 Å². The van der Waals surface area contributed by atoms with E-state index >= 15 is 0 Å². The Bertz CT molecular complexity index is 1140. The van der Waals surface area contributed by atoms with Gasteiger partial charge in [0.2, 0.25) is 5.95 Å². The molecular formula is C22H29N5O3S. The molecule has 31 heavy (non-hydrogen) atoms. The molecule has 4 rings (SSSR count). The van der Waals surface area contributed by atoms with Crippen molar-refractivity contribution in [3.05, 3.63) is 42.7 Å². The topological polar surface area (TPSA) is 112 Å². The predicted molar refractivity (Wildman–Crippen MR) is 123 cm³/mol. The zero-order valence-corrected chi connectivity index (χ0v) is 18.5. The number of nitrogens with zero attached hydrogens (tertiary/aromatic N) is 3. The number of benzene rings is 1. The van der Waals surface area contributed by atoms with Crippen molar-refractivity contribution in [3.63, 3.8) is 0 Å². The Morgan fingerprint density at radius 3 is 2.77 bits per heavy atom. The van der Waals surface area contributed by atoms with Crippen LogP contribution in [0.1, 0.15) is 32.1 Å². The Morgan fingerprint density at radius 1 is 1.19 bits per heavy atom. The van der Waals surface area contributed by atoms with E-state index in [1.54, 1.807) is 6.20 Å². The Balaban J connectivity index is 1.50. The van der Waals surface area contributed by atoms with Crippen LogP contribution in [-0.2, 0) is 9.84 Å². The Hall–Kier alpha value is -2.65. The fourth-order valence-corrected chi connectivity index (χ4v) is 4.61. The van der Waals surface area contributed by atoms with Crippen LogP contribution >= 0.6 is 0 Å². The lowest BCUT2D eigenvalue weighted by Gasteiger charge is -2.26. The molecule has 0 saturated heterocycles. The van der Waals surface area contributed by atoms with Crippen molar-refractivity contribution in [2.45, 2.75) is 44.2 Å². The maximum atomic E-state index is 11.3. The van der Waals surface area contributed by atoms with Gasteiger partial charge in [0.15, 0.2) is 0 Å². The highest BCUT2D eigenvalue weighted by atomic mass is 32.2. The molecule has 0 unspecified atom stereocenters. The van der Waals surface area contributed by atoms with Gasteiger partial charge in [-0.25, -0.2) is 13.4 Å². The fraction of sp³-hybridized carbons (Fsp3) is 0.455. The van der Waals surface area contributed by atoms with Crippen molar-refractivity contribution in [2.75, 3.05) is 23.9 Å². The van der Waals surface area contributed by atoms with E-state index in [1.807, 2.05) is 41.1 Å². The van der Waals surface area contributed by atoms with Crippen molar-refractivity contribution in [2.24, 2.45) is 5.73 Å². The average Bonchev–Trinajstić information content (AvgIpc) is 3.17. The van der Waals surface area contributed by atoms with Crippen molar-refractivity contribution in [3.8, 4) is 11.6 Å². The minimum absolute atomic E-state index is 0.119. The molecule has 0 spiro atoms. The SMILES string of the molecule is CS(=O)(=O)CCCOc1cccc2c1ccn2-c1ccnc(NC2CCC(N)CC2)n1. The molecule has 2 aromatic heterocycles. The first-order valence-corrected chi connectivity index (χ1v) is 12.7. The number of nitrogens with one attached hydrogen (secondary N) is 1. The van der Waals surface area contributed by atoms with Crippen LogP contribution in [0, 0.1) is 0 Å². The van der Waals surface area contributed by atoms with E-state index in [0.717, 1.165) is 48.2 Å². The molecule has 1 aliphatic rings. The van der Waals surface area contributed by atoms with E-state index in [4.69, 9.17) is 15.5 Å². The van der Waals surface area contributed by atoms with Gasteiger partial charge in [-0.15, -0.1) is 0 Å². The molecule has 1 aliphatic carbocycles. The first-order valence-electron chi connectivity index (χ1n) is 10.7. The molecule has 0 radical (unpaired) electrons. The third kappa shape index (κ3) is 5.54. The first-order chi connectivity index (χ1) is 14.9. The largest absolute Gasteiger partial charge is 0.493 e. The number of nitrogens with two attached hydrogens (primary N) is 1. The molecule has 2 heterocycles. The second-order valence-electron chi connectivity index (χ2n) is 8.20. The maximum Gasteiger partial charge on any atom is 0.224 e. The van der Waals surface area contributed by atoms with E-state index in [1.165, 1.54) is 6.26 Å². The van der Waals surface area contributed by atoms with Gasteiger partial charge in [0.1, 0.15) is 21.4 Å². The summed E-state index contributed by atoms with van der Waals surface area (Å²) in [5, 5.41) is 4.40. The summed E-state index contributed by atoms with van der Waals surface area (Å²) >= 11 is 0. The van der Waals surface area contributed by atoms with Gasteiger partial charge in [-0.05, 0) is 56.4 Å². The van der Waals surface area contributed by atoms with E-state index in [2.05, 4.69) is 10.3 Å². The molecule has 0 aliphatic heterocycles. The Labute approximate surface area is 182 Å². The standard InChI is InChI=1S/C22H29N5O3S/c1-31(28,29)15-3-14-30-20-5-2-4-19-18(20)11-13-27(19)21-10-12-24-22(26-21)25-17-8-6-16(23)7-9-17/h2,4-5,10-13,16-17H,3,6-9,14-15,23H2,1H3,(H,24,25,26). The summed E-state index contributed by atoms with van der Waals surface area (Å²) in [6.45, 7) is 0.351. The summed E-state index contributed by atoms with van der Waals surface area (Å²) in [6.07, 6.45) is 9.52. The summed E-state index contributed by atoms with van der Waals surface area (Å²) in [7, 11) is -2.98. The van der Waals surface area contributed by atoms with E-state index in [9.17, 15) is 8.42 Å². The molecule has 0 amide bonds. The van der Waals surface area contributed by atoms with E-state index in [0.29, 0.717) is 31.1 Å². The van der Waals surface area contributed by atoms with Gasteiger partial charge in [0, 0.05) is 36.1 Å². The zero-order valence-electron chi connectivity index (χ0n) is 17.7. The van der Waals surface area contributed by atoms with Gasteiger partial charge in [-0.2, -0.15) is 4.98 Å². The van der Waals surface area contributed by atoms with Crippen molar-refractivity contribution < 1.29 is 13.2 Å². The van der Waals surface area contributed by atoms with Crippen LogP contribution in [0.4, 0.5) is 5.95 Å². The van der Waals surface area contributed by atoms with Crippen LogP contribution in [0.5, 0.6) is 5.75 Å². The van der Waals surface area contributed by atoms with Crippen LogP contribution < -0.4 is 15.8 Å². The minimum atomic E-state index is -2.98. The monoisotopic (exact) mass is 443 g/mol. The van der Waals surface area contributed by atoms with Crippen LogP contribution in [0.15, 0.2) is 42.7 Å². The second kappa shape index (κ2) is 9.23. The molecule has 1 fully saturated rings. The van der Waals surface area contributed by atoms with Crippen LogP contribution in [0.2, 0.25) is 0 Å². The lowest BCUT2D eigenvalue weighted by molar-refractivity contribution is 0.321. The number of anilines is 1. The number of hydrogen-bond donors (Lipinski definition) is 2. The Kier molecular flexibility index (Phi) is 6.43. The van der Waals surface area contributed by atoms with E-state index < -0.39 is 9.84 Å². The quantitative estimate of drug-likeness (QED) is 0.515. The number of rotatable bonds is 8. The molecule has 166 valence electrons. The molecule has 0 atom stereocenters. The molecule has 8 nitrogen and oxygen atoms in total. The fourth-order valence-electron chi connectivity index (χ4n) is 3.97. The minimum Gasteiger partial charge on any atom is -0.493 e. The highest BCUT2D eigenvalue weighted by Gasteiger charge is 2.19. The number of hydrogen-bond acceptors (Lipinski definition) is 7. The molecule has 1 saturated carbocycles. The summed E-state index contributed by atoms with van der Waals surface area (Å²) in [6, 6.07) is 10.4. The van der Waals surface area contributed by atoms with Crippen LogP contribution in [0.25, 0.3) is 16.7 Å². The van der Waals surface area contributed by atoms with Crippen molar-refractivity contribution in [1.29, 1.82) is 0 Å². The third-order valence-electron chi connectivity index (χ3n) is 5.60. The van der Waals surface area contributed by atoms with Gasteiger partial charge in [-0.1, -0.05) is 6.07 Å². The molecule has 9 heteroatoms. The molecule has 3 aromatic rings. The first kappa shape index (κ1) is 21.6. The number of sulfone groups is 1. The zero-order chi connectivity index (χ0) is 21.8. The summed E-state index contributed by atoms with van der Waals surface area (Å²) in [5.74, 6) is 2.24. The highest BCUT2D eigenvalue weighted by molar-refractivity contribution is 7.90. The van der Waals surface area contributed by atoms with Gasteiger partial charge in [-0.3, -0.25) is 0 Å². The van der Waals surface area contributed by atoms with Crippen LogP contribution in [0.3, 0.4) is 0 Å². The number of fused-ring (bicyclic) bond motifs is 1. The summed E-state index contributed by atoms with van der Waals surface area (Å²) < 4.78 is 30.5. The van der Waals surface area contributed by atoms with Crippen LogP contribution in [-0.4, -0.2) is 53.7 Å². The predicted octanol–water partition coefficient (Wildman–Crippen LogP) is 2.92. The lowest BCUT2D eigenvalue weighted by atomic mass is 9.92. The van der Waals surface area contributed by atoms with Gasteiger partial charge < -0.3 is 20.4 Å². The van der Waals surface area contributed by atoms with E-state index in [-0.39, 0.29) is 5.75 Å². The highest BCUT2D eigenvalue weighted by Crippen LogP contribution is 2.29. The third-order valence-corrected chi connectivity index (χ3v) is 6.63. The Morgan fingerprint density at radius 2 is 2.00 bits per heavy atom. The van der Waals surface area contributed by atoms with Crippen molar-refractivity contribution in [1.82, 2.24) is 14.5 Å². The van der Waals surface area contributed by atoms with Gasteiger partial charge in [0.25, 0.3) is 0 Å². The lowest BCUT2D eigenvalue weighted by Crippen LogP contribution is -2.33. The summed E-state index contributed by atoms with van der Waals surface area (Å²) in [5.41, 5.74) is 6.97. The molecule has 3 N–H and O–H groups in total. The van der Waals surface area contributed by atoms with Gasteiger partial charge >= 0.3 is 0 Å². The summed E-state index contributed by atoms with van der Waals surface area (Å²) in [4.78, 5) is 9.10. The molecule has 0 bridgehead atoms. The maximum absolute atomic E-state index is 11.3.